The summed E-state index contributed by atoms with van der Waals surface area (Å²) in [5, 5.41) is 2.96. The van der Waals surface area contributed by atoms with Gasteiger partial charge in [0.05, 0.1) is 0 Å². The number of amides is 1. The highest BCUT2D eigenvalue weighted by Crippen LogP contribution is 2.29. The first kappa shape index (κ1) is 16.0. The van der Waals surface area contributed by atoms with Gasteiger partial charge in [0.15, 0.2) is 0 Å². The van der Waals surface area contributed by atoms with Gasteiger partial charge in [-0.1, -0.05) is 31.4 Å². The van der Waals surface area contributed by atoms with Gasteiger partial charge < -0.3 is 16.0 Å². The molecular weight excluding hydrogens is 262 g/mol. The summed E-state index contributed by atoms with van der Waals surface area (Å²) in [6.07, 6.45) is 5.87. The first-order valence-electron chi connectivity index (χ1n) is 7.79. The molecule has 2 rings (SSSR count). The van der Waals surface area contributed by atoms with Gasteiger partial charge in [-0.25, -0.2) is 0 Å². The Morgan fingerprint density at radius 3 is 2.38 bits per heavy atom. The topological polar surface area (TPSA) is 58.4 Å². The summed E-state index contributed by atoms with van der Waals surface area (Å²) in [4.78, 5) is 14.3. The quantitative estimate of drug-likeness (QED) is 0.876. The van der Waals surface area contributed by atoms with Gasteiger partial charge in [-0.2, -0.15) is 0 Å². The van der Waals surface area contributed by atoms with Crippen molar-refractivity contribution in [1.82, 2.24) is 4.90 Å². The lowest BCUT2D eigenvalue weighted by Gasteiger charge is -2.32. The molecule has 0 unspecified atom stereocenters. The summed E-state index contributed by atoms with van der Waals surface area (Å²) in [5.74, 6) is 0.0276. The molecule has 3 N–H and O–H groups in total. The summed E-state index contributed by atoms with van der Waals surface area (Å²) >= 11 is 0. The van der Waals surface area contributed by atoms with E-state index in [1.54, 1.807) is 0 Å². The average Bonchev–Trinajstić information content (AvgIpc) is 2.40. The van der Waals surface area contributed by atoms with Crippen molar-refractivity contribution in [2.75, 3.05) is 19.4 Å². The predicted molar refractivity (Wildman–Crippen MR) is 87.1 cm³/mol. The molecule has 1 fully saturated rings. The molecule has 0 saturated heterocycles. The Morgan fingerprint density at radius 2 is 1.81 bits per heavy atom. The van der Waals surface area contributed by atoms with E-state index >= 15 is 0 Å². The largest absolute Gasteiger partial charge is 0.326 e. The van der Waals surface area contributed by atoms with Gasteiger partial charge in [0.25, 0.3) is 0 Å². The number of hydrogen-bond donors (Lipinski definition) is 2. The van der Waals surface area contributed by atoms with Gasteiger partial charge in [0.2, 0.25) is 5.91 Å². The van der Waals surface area contributed by atoms with Crippen molar-refractivity contribution in [2.24, 2.45) is 5.73 Å². The number of hydrogen-bond acceptors (Lipinski definition) is 3. The van der Waals surface area contributed by atoms with Crippen LogP contribution in [0.3, 0.4) is 0 Å². The smallest absolute Gasteiger partial charge is 0.226 e. The van der Waals surface area contributed by atoms with Crippen molar-refractivity contribution in [2.45, 2.75) is 50.6 Å². The van der Waals surface area contributed by atoms with Crippen molar-refractivity contribution in [3.8, 4) is 0 Å². The third-order valence-corrected chi connectivity index (χ3v) is 4.10. The Bertz CT molecular complexity index is 461. The molecular formula is C17H27N3O. The van der Waals surface area contributed by atoms with Crippen LogP contribution in [-0.2, 0) is 11.3 Å². The molecule has 1 aromatic carbocycles. The SMILES string of the molecule is CN(C)Cc1ccc(NC(=O)CC2(N)CCCCC2)cc1. The molecule has 1 amide bonds. The van der Waals surface area contributed by atoms with Gasteiger partial charge >= 0.3 is 0 Å². The van der Waals surface area contributed by atoms with Gasteiger partial charge in [-0.15, -0.1) is 0 Å². The van der Waals surface area contributed by atoms with E-state index in [4.69, 9.17) is 5.73 Å². The normalized spacial score (nSPS) is 17.7. The summed E-state index contributed by atoms with van der Waals surface area (Å²) in [7, 11) is 4.08. The summed E-state index contributed by atoms with van der Waals surface area (Å²) < 4.78 is 0. The molecule has 0 aliphatic heterocycles. The first-order valence-corrected chi connectivity index (χ1v) is 7.79. The van der Waals surface area contributed by atoms with Crippen molar-refractivity contribution in [1.29, 1.82) is 0 Å². The molecule has 1 aromatic rings. The standard InChI is InChI=1S/C17H27N3O/c1-20(2)13-14-6-8-15(9-7-14)19-16(21)12-17(18)10-4-3-5-11-17/h6-9H,3-5,10-13,18H2,1-2H3,(H,19,21). The highest BCUT2D eigenvalue weighted by Gasteiger charge is 2.29. The van der Waals surface area contributed by atoms with E-state index in [-0.39, 0.29) is 11.4 Å². The van der Waals surface area contributed by atoms with Gasteiger partial charge in [-0.05, 0) is 44.6 Å². The number of carbonyl (C=O) groups excluding carboxylic acids is 1. The Hall–Kier alpha value is -1.39. The molecule has 0 atom stereocenters. The van der Waals surface area contributed by atoms with Gasteiger partial charge in [0.1, 0.15) is 0 Å². The maximum atomic E-state index is 12.1. The van der Waals surface area contributed by atoms with E-state index in [0.29, 0.717) is 6.42 Å². The van der Waals surface area contributed by atoms with E-state index in [1.165, 1.54) is 12.0 Å². The lowest BCUT2D eigenvalue weighted by Crippen LogP contribution is -2.44. The first-order chi connectivity index (χ1) is 9.97. The number of nitrogens with zero attached hydrogens (tertiary/aromatic N) is 1. The van der Waals surface area contributed by atoms with Crippen molar-refractivity contribution in [3.63, 3.8) is 0 Å². The number of nitrogens with one attached hydrogen (secondary N) is 1. The van der Waals surface area contributed by atoms with Crippen LogP contribution in [0.15, 0.2) is 24.3 Å². The van der Waals surface area contributed by atoms with E-state index < -0.39 is 0 Å². The molecule has 116 valence electrons. The van der Waals surface area contributed by atoms with Crippen LogP contribution >= 0.6 is 0 Å². The Labute approximate surface area is 127 Å². The average molecular weight is 289 g/mol. The zero-order valence-electron chi connectivity index (χ0n) is 13.2. The second kappa shape index (κ2) is 7.05. The molecule has 4 nitrogen and oxygen atoms in total. The van der Waals surface area contributed by atoms with Crippen molar-refractivity contribution < 1.29 is 4.79 Å². The molecule has 1 saturated carbocycles. The van der Waals surface area contributed by atoms with E-state index in [9.17, 15) is 4.79 Å². The third kappa shape index (κ3) is 5.14. The molecule has 0 aromatic heterocycles. The summed E-state index contributed by atoms with van der Waals surface area (Å²) in [6.45, 7) is 0.903. The van der Waals surface area contributed by atoms with Crippen molar-refractivity contribution in [3.05, 3.63) is 29.8 Å². The molecule has 1 aliphatic carbocycles. The maximum absolute atomic E-state index is 12.1. The second-order valence-electron chi connectivity index (χ2n) is 6.58. The van der Waals surface area contributed by atoms with E-state index in [2.05, 4.69) is 22.3 Å². The molecule has 1 aliphatic rings. The van der Waals surface area contributed by atoms with E-state index in [1.807, 2.05) is 26.2 Å². The van der Waals surface area contributed by atoms with Gasteiger partial charge in [0, 0.05) is 24.2 Å². The Balaban J connectivity index is 1.87. The fourth-order valence-corrected chi connectivity index (χ4v) is 3.02. The summed E-state index contributed by atoms with van der Waals surface area (Å²) in [5.41, 5.74) is 8.11. The lowest BCUT2D eigenvalue weighted by molar-refractivity contribution is -0.117. The minimum Gasteiger partial charge on any atom is -0.326 e. The van der Waals surface area contributed by atoms with Gasteiger partial charge in [-0.3, -0.25) is 4.79 Å². The highest BCUT2D eigenvalue weighted by molar-refractivity contribution is 5.91. The zero-order chi connectivity index (χ0) is 15.3. The van der Waals surface area contributed by atoms with Crippen LogP contribution in [0.25, 0.3) is 0 Å². The minimum atomic E-state index is -0.298. The zero-order valence-corrected chi connectivity index (χ0v) is 13.2. The van der Waals surface area contributed by atoms with Crippen LogP contribution < -0.4 is 11.1 Å². The number of rotatable bonds is 5. The van der Waals surface area contributed by atoms with Crippen molar-refractivity contribution >= 4 is 11.6 Å². The number of carbonyl (C=O) groups is 1. The van der Waals surface area contributed by atoms with Crippen LogP contribution in [0.4, 0.5) is 5.69 Å². The number of anilines is 1. The monoisotopic (exact) mass is 289 g/mol. The second-order valence-corrected chi connectivity index (χ2v) is 6.58. The third-order valence-electron chi connectivity index (χ3n) is 4.10. The summed E-state index contributed by atoms with van der Waals surface area (Å²) in [6, 6.07) is 8.02. The lowest BCUT2D eigenvalue weighted by atomic mass is 9.80. The number of benzene rings is 1. The van der Waals surface area contributed by atoms with Crippen LogP contribution in [0.5, 0.6) is 0 Å². The van der Waals surface area contributed by atoms with Crippen LogP contribution in [0, 0.1) is 0 Å². The maximum Gasteiger partial charge on any atom is 0.226 e. The predicted octanol–water partition coefficient (Wildman–Crippen LogP) is 2.74. The van der Waals surface area contributed by atoms with Crippen LogP contribution in [-0.4, -0.2) is 30.4 Å². The number of nitrogens with two attached hydrogens (primary N) is 1. The molecule has 0 heterocycles. The Kier molecular flexibility index (Phi) is 5.37. The molecule has 21 heavy (non-hydrogen) atoms. The molecule has 0 spiro atoms. The molecule has 0 bridgehead atoms. The fraction of sp³-hybridized carbons (Fsp3) is 0.588. The fourth-order valence-electron chi connectivity index (χ4n) is 3.02. The van der Waals surface area contributed by atoms with Crippen LogP contribution in [0.1, 0.15) is 44.1 Å². The van der Waals surface area contributed by atoms with Crippen LogP contribution in [0.2, 0.25) is 0 Å². The highest BCUT2D eigenvalue weighted by atomic mass is 16.1. The Morgan fingerprint density at radius 1 is 1.19 bits per heavy atom. The minimum absolute atomic E-state index is 0.0276. The molecule has 0 radical (unpaired) electrons. The van der Waals surface area contributed by atoms with E-state index in [0.717, 1.165) is 37.9 Å². The molecule has 4 heteroatoms.